The van der Waals surface area contributed by atoms with E-state index >= 15 is 0 Å². The second-order valence-electron chi connectivity index (χ2n) is 5.24. The summed E-state index contributed by atoms with van der Waals surface area (Å²) < 4.78 is 5.64. The lowest BCUT2D eigenvalue weighted by Gasteiger charge is -2.27. The number of aliphatic hydroxyl groups excluding tert-OH is 1. The van der Waals surface area contributed by atoms with Gasteiger partial charge in [-0.2, -0.15) is 0 Å². The van der Waals surface area contributed by atoms with E-state index in [1.54, 1.807) is 12.4 Å². The molecule has 1 aromatic carbocycles. The number of aliphatic hydroxyl groups is 1. The van der Waals surface area contributed by atoms with Gasteiger partial charge in [-0.05, 0) is 42.9 Å². The molecule has 0 bridgehead atoms. The second kappa shape index (κ2) is 5.59. The molecular formula is C16H18N2O2. The van der Waals surface area contributed by atoms with Crippen molar-refractivity contribution in [1.82, 2.24) is 9.97 Å². The van der Waals surface area contributed by atoms with Crippen molar-refractivity contribution in [2.75, 3.05) is 6.61 Å². The van der Waals surface area contributed by atoms with Crippen LogP contribution in [0.5, 0.6) is 5.75 Å². The van der Waals surface area contributed by atoms with Gasteiger partial charge in [-0.1, -0.05) is 18.2 Å². The lowest BCUT2D eigenvalue weighted by molar-refractivity contribution is 0.136. The fourth-order valence-electron chi connectivity index (χ4n) is 2.61. The fourth-order valence-corrected chi connectivity index (χ4v) is 2.61. The topological polar surface area (TPSA) is 55.2 Å². The molecule has 20 heavy (non-hydrogen) atoms. The first-order valence-corrected chi connectivity index (χ1v) is 6.92. The van der Waals surface area contributed by atoms with Crippen LogP contribution in [0.15, 0.2) is 36.7 Å². The summed E-state index contributed by atoms with van der Waals surface area (Å²) in [7, 11) is 0. The Hall–Kier alpha value is -1.94. The van der Waals surface area contributed by atoms with Gasteiger partial charge in [-0.15, -0.1) is 0 Å². The van der Waals surface area contributed by atoms with Gasteiger partial charge < -0.3 is 9.84 Å². The Morgan fingerprint density at radius 2 is 2.05 bits per heavy atom. The molecule has 1 N–H and O–H groups in total. The highest BCUT2D eigenvalue weighted by molar-refractivity contribution is 5.37. The van der Waals surface area contributed by atoms with Crippen molar-refractivity contribution >= 4 is 0 Å². The number of hydrogen-bond donors (Lipinski definition) is 1. The normalized spacial score (nSPS) is 19.0. The summed E-state index contributed by atoms with van der Waals surface area (Å²) >= 11 is 0. The van der Waals surface area contributed by atoms with Crippen LogP contribution in [0.2, 0.25) is 0 Å². The molecule has 0 radical (unpaired) electrons. The molecule has 1 aromatic heterocycles. The monoisotopic (exact) mass is 270 g/mol. The molecule has 1 aliphatic rings. The number of hydrogen-bond acceptors (Lipinski definition) is 4. The molecule has 0 saturated carbocycles. The van der Waals surface area contributed by atoms with Crippen LogP contribution in [0.3, 0.4) is 0 Å². The van der Waals surface area contributed by atoms with Gasteiger partial charge in [0.25, 0.3) is 0 Å². The summed E-state index contributed by atoms with van der Waals surface area (Å²) in [6.45, 7) is 2.63. The summed E-state index contributed by atoms with van der Waals surface area (Å²) in [6.07, 6.45) is 4.39. The van der Waals surface area contributed by atoms with Crippen molar-refractivity contribution in [1.29, 1.82) is 0 Å². The zero-order chi connectivity index (χ0) is 13.9. The van der Waals surface area contributed by atoms with Crippen LogP contribution in [0.25, 0.3) is 0 Å². The van der Waals surface area contributed by atoms with Crippen LogP contribution in [0, 0.1) is 6.92 Å². The molecule has 104 valence electrons. The molecule has 0 saturated heterocycles. The molecule has 2 atom stereocenters. The van der Waals surface area contributed by atoms with E-state index in [0.717, 1.165) is 17.7 Å². The zero-order valence-electron chi connectivity index (χ0n) is 11.5. The molecule has 4 heteroatoms. The summed E-state index contributed by atoms with van der Waals surface area (Å²) in [4.78, 5) is 8.41. The molecular weight excluding hydrogens is 252 g/mol. The van der Waals surface area contributed by atoms with Gasteiger partial charge in [0, 0.05) is 12.4 Å². The maximum atomic E-state index is 10.3. The predicted molar refractivity (Wildman–Crippen MR) is 75.6 cm³/mol. The summed E-state index contributed by atoms with van der Waals surface area (Å²) in [5, 5.41) is 10.3. The van der Waals surface area contributed by atoms with Crippen LogP contribution >= 0.6 is 0 Å². The Kier molecular flexibility index (Phi) is 3.65. The number of ether oxygens (including phenoxy) is 1. The molecule has 0 aliphatic carbocycles. The predicted octanol–water partition coefficient (Wildman–Crippen LogP) is 2.77. The largest absolute Gasteiger partial charge is 0.493 e. The van der Waals surface area contributed by atoms with E-state index in [1.165, 1.54) is 5.56 Å². The minimum atomic E-state index is -0.633. The second-order valence-corrected chi connectivity index (χ2v) is 5.24. The van der Waals surface area contributed by atoms with Crippen molar-refractivity contribution in [3.05, 3.63) is 53.6 Å². The van der Waals surface area contributed by atoms with Crippen molar-refractivity contribution in [3.8, 4) is 5.75 Å². The van der Waals surface area contributed by atoms with E-state index in [9.17, 15) is 5.11 Å². The van der Waals surface area contributed by atoms with Crippen LogP contribution in [0.1, 0.15) is 41.8 Å². The van der Waals surface area contributed by atoms with Crippen molar-refractivity contribution < 1.29 is 9.84 Å². The highest BCUT2D eigenvalue weighted by atomic mass is 16.5. The first-order chi connectivity index (χ1) is 9.74. The molecule has 0 amide bonds. The third kappa shape index (κ3) is 2.65. The number of aromatic nitrogens is 2. The molecule has 3 rings (SSSR count). The van der Waals surface area contributed by atoms with Gasteiger partial charge in [0.05, 0.1) is 6.61 Å². The lowest BCUT2D eigenvalue weighted by atomic mass is 9.88. The summed E-state index contributed by atoms with van der Waals surface area (Å²) in [6, 6.07) is 8.04. The number of para-hydroxylation sites is 1. The van der Waals surface area contributed by atoms with Gasteiger partial charge >= 0.3 is 0 Å². The van der Waals surface area contributed by atoms with Crippen LogP contribution in [0.4, 0.5) is 0 Å². The Labute approximate surface area is 118 Å². The van der Waals surface area contributed by atoms with Gasteiger partial charge in [-0.3, -0.25) is 0 Å². The van der Waals surface area contributed by atoms with Crippen LogP contribution in [-0.2, 0) is 0 Å². The van der Waals surface area contributed by atoms with Crippen molar-refractivity contribution in [3.63, 3.8) is 0 Å². The highest BCUT2D eigenvalue weighted by Gasteiger charge is 2.25. The van der Waals surface area contributed by atoms with E-state index in [2.05, 4.69) is 16.0 Å². The van der Waals surface area contributed by atoms with E-state index in [-0.39, 0.29) is 0 Å². The van der Waals surface area contributed by atoms with Gasteiger partial charge in [-0.25, -0.2) is 9.97 Å². The van der Waals surface area contributed by atoms with Crippen molar-refractivity contribution in [2.45, 2.75) is 31.8 Å². The Morgan fingerprint density at radius 1 is 1.30 bits per heavy atom. The average molecular weight is 270 g/mol. The molecule has 2 aromatic rings. The number of fused-ring (bicyclic) bond motifs is 1. The molecule has 0 fully saturated rings. The van der Waals surface area contributed by atoms with Gasteiger partial charge in [0.15, 0.2) is 5.82 Å². The number of aryl methyl sites for hydroxylation is 1. The minimum Gasteiger partial charge on any atom is -0.493 e. The molecule has 1 aliphatic heterocycles. The minimum absolute atomic E-state index is 0.292. The number of rotatable bonds is 3. The molecule has 0 spiro atoms. The number of nitrogens with zero attached hydrogens (tertiary/aromatic N) is 2. The van der Waals surface area contributed by atoms with Crippen LogP contribution < -0.4 is 4.74 Å². The first kappa shape index (κ1) is 13.1. The third-order valence-electron chi connectivity index (χ3n) is 3.69. The maximum absolute atomic E-state index is 10.3. The van der Waals surface area contributed by atoms with E-state index < -0.39 is 6.10 Å². The SMILES string of the molecule is Cc1cnc(C(O)CC2CCOc3ccccc32)nc1. The quantitative estimate of drug-likeness (QED) is 0.931. The Balaban J connectivity index is 1.77. The fraction of sp³-hybridized carbons (Fsp3) is 0.375. The van der Waals surface area contributed by atoms with Crippen molar-refractivity contribution in [2.24, 2.45) is 0 Å². The van der Waals surface area contributed by atoms with E-state index in [0.29, 0.717) is 24.8 Å². The lowest BCUT2D eigenvalue weighted by Crippen LogP contribution is -2.17. The first-order valence-electron chi connectivity index (χ1n) is 6.92. The summed E-state index contributed by atoms with van der Waals surface area (Å²) in [5.74, 6) is 1.72. The molecule has 2 heterocycles. The van der Waals surface area contributed by atoms with Gasteiger partial charge in [0.2, 0.25) is 0 Å². The van der Waals surface area contributed by atoms with E-state index in [4.69, 9.17) is 4.74 Å². The van der Waals surface area contributed by atoms with Gasteiger partial charge in [0.1, 0.15) is 11.9 Å². The standard InChI is InChI=1S/C16H18N2O2/c1-11-9-17-16(18-10-11)14(19)8-12-6-7-20-15-5-3-2-4-13(12)15/h2-5,9-10,12,14,19H,6-8H2,1H3. The maximum Gasteiger partial charge on any atom is 0.156 e. The number of benzene rings is 1. The Morgan fingerprint density at radius 3 is 2.85 bits per heavy atom. The smallest absolute Gasteiger partial charge is 0.156 e. The average Bonchev–Trinajstić information content (AvgIpc) is 2.48. The molecule has 4 nitrogen and oxygen atoms in total. The molecule has 2 unspecified atom stereocenters. The van der Waals surface area contributed by atoms with E-state index in [1.807, 2.05) is 25.1 Å². The highest BCUT2D eigenvalue weighted by Crippen LogP contribution is 2.38. The zero-order valence-corrected chi connectivity index (χ0v) is 11.5. The third-order valence-corrected chi connectivity index (χ3v) is 3.69. The summed E-state index contributed by atoms with van der Waals surface area (Å²) in [5.41, 5.74) is 2.17. The van der Waals surface area contributed by atoms with Crippen LogP contribution in [-0.4, -0.2) is 21.7 Å². The Bertz CT molecular complexity index is 583.